The van der Waals surface area contributed by atoms with Crippen molar-refractivity contribution in [3.8, 4) is 0 Å². The number of nitrogens with zero attached hydrogens (tertiary/aromatic N) is 5. The fourth-order valence-corrected chi connectivity index (χ4v) is 4.89. The highest BCUT2D eigenvalue weighted by atomic mass is 16.3. The van der Waals surface area contributed by atoms with E-state index in [1.54, 1.807) is 12.7 Å². The fourth-order valence-electron chi connectivity index (χ4n) is 4.89. The average Bonchev–Trinajstić information content (AvgIpc) is 3.48. The molecule has 4 aromatic heterocycles. The summed E-state index contributed by atoms with van der Waals surface area (Å²) in [5.41, 5.74) is 4.90. The van der Waals surface area contributed by atoms with Crippen LogP contribution in [0, 0.1) is 5.92 Å². The van der Waals surface area contributed by atoms with Crippen molar-refractivity contribution in [3.05, 3.63) is 60.9 Å². The van der Waals surface area contributed by atoms with Crippen LogP contribution >= 0.6 is 0 Å². The second kappa shape index (κ2) is 6.88. The van der Waals surface area contributed by atoms with Gasteiger partial charge in [-0.05, 0) is 55.4 Å². The number of aromatic nitrogens is 6. The van der Waals surface area contributed by atoms with Crippen molar-refractivity contribution in [1.82, 2.24) is 29.5 Å². The molecule has 0 unspecified atom stereocenters. The minimum atomic E-state index is -0.340. The number of nitrogens with one attached hydrogen (secondary N) is 1. The SMILES string of the molecule is O[C@@H]1C[C@@H](CCc2ccc3cc4nc[nH]c4nc3c2)C[C@H]1n1ccc2cncnc21. The van der Waals surface area contributed by atoms with Gasteiger partial charge in [0.25, 0.3) is 0 Å². The summed E-state index contributed by atoms with van der Waals surface area (Å²) in [6, 6.07) is 10.7. The number of imidazole rings is 1. The Kier molecular flexibility index (Phi) is 4.02. The molecule has 0 saturated heterocycles. The maximum Gasteiger partial charge on any atom is 0.157 e. The molecule has 7 nitrogen and oxygen atoms in total. The molecule has 1 aliphatic carbocycles. The predicted molar refractivity (Wildman–Crippen MR) is 115 cm³/mol. The number of rotatable bonds is 4. The van der Waals surface area contributed by atoms with Crippen LogP contribution in [0.2, 0.25) is 0 Å². The van der Waals surface area contributed by atoms with E-state index in [9.17, 15) is 5.11 Å². The molecule has 3 atom stereocenters. The molecule has 0 aliphatic heterocycles. The first-order chi connectivity index (χ1) is 14.7. The summed E-state index contributed by atoms with van der Waals surface area (Å²) in [6.07, 6.45) is 10.6. The quantitative estimate of drug-likeness (QED) is 0.480. The molecule has 1 aliphatic rings. The molecule has 1 saturated carbocycles. The standard InChI is InChI=1S/C23H22N6O/c30-21-9-15(8-20(21)29-6-5-17-11-24-12-27-23(17)29)2-1-14-3-4-16-10-19-22(26-13-25-19)28-18(16)7-14/h3-7,10-13,15,20-21,30H,1-2,8-9H2,(H,25,26,28)/t15-,20+,21+/m0/s1. The minimum absolute atomic E-state index is 0.0781. The summed E-state index contributed by atoms with van der Waals surface area (Å²) < 4.78 is 2.12. The number of fused-ring (bicyclic) bond motifs is 3. The summed E-state index contributed by atoms with van der Waals surface area (Å²) in [5.74, 6) is 0.489. The van der Waals surface area contributed by atoms with Crippen molar-refractivity contribution < 1.29 is 5.11 Å². The minimum Gasteiger partial charge on any atom is -0.391 e. The highest BCUT2D eigenvalue weighted by molar-refractivity contribution is 5.89. The van der Waals surface area contributed by atoms with E-state index in [1.807, 2.05) is 18.5 Å². The van der Waals surface area contributed by atoms with E-state index in [0.29, 0.717) is 5.92 Å². The van der Waals surface area contributed by atoms with Gasteiger partial charge in [-0.3, -0.25) is 0 Å². The first-order valence-corrected chi connectivity index (χ1v) is 10.4. The van der Waals surface area contributed by atoms with Crippen molar-refractivity contribution in [2.24, 2.45) is 5.92 Å². The highest BCUT2D eigenvalue weighted by Gasteiger charge is 2.34. The molecule has 0 radical (unpaired) electrons. The van der Waals surface area contributed by atoms with E-state index >= 15 is 0 Å². The van der Waals surface area contributed by atoms with Gasteiger partial charge in [-0.1, -0.05) is 12.1 Å². The molecule has 7 heteroatoms. The Morgan fingerprint density at radius 2 is 2.03 bits per heavy atom. The van der Waals surface area contributed by atoms with Crippen LogP contribution in [0.25, 0.3) is 33.1 Å². The van der Waals surface area contributed by atoms with Gasteiger partial charge in [-0.15, -0.1) is 0 Å². The zero-order valence-corrected chi connectivity index (χ0v) is 16.4. The molecule has 1 aromatic carbocycles. The maximum absolute atomic E-state index is 10.7. The van der Waals surface area contributed by atoms with Crippen LogP contribution in [0.1, 0.15) is 30.9 Å². The Morgan fingerprint density at radius 1 is 1.07 bits per heavy atom. The summed E-state index contributed by atoms with van der Waals surface area (Å²) in [5, 5.41) is 12.9. The number of pyridine rings is 1. The number of aliphatic hydroxyl groups excluding tert-OH is 1. The third-order valence-electron chi connectivity index (χ3n) is 6.44. The molecule has 2 N–H and O–H groups in total. The lowest BCUT2D eigenvalue weighted by atomic mass is 9.97. The van der Waals surface area contributed by atoms with Crippen LogP contribution in [0.15, 0.2) is 55.4 Å². The van der Waals surface area contributed by atoms with Gasteiger partial charge in [-0.25, -0.2) is 19.9 Å². The van der Waals surface area contributed by atoms with Gasteiger partial charge in [-0.2, -0.15) is 0 Å². The molecular formula is C23H22N6O. The number of benzene rings is 1. The fraction of sp³-hybridized carbons (Fsp3) is 0.304. The third kappa shape index (κ3) is 2.93. The van der Waals surface area contributed by atoms with Gasteiger partial charge < -0.3 is 14.7 Å². The van der Waals surface area contributed by atoms with Crippen molar-refractivity contribution in [3.63, 3.8) is 0 Å². The molecule has 0 spiro atoms. The summed E-state index contributed by atoms with van der Waals surface area (Å²) in [6.45, 7) is 0. The topological polar surface area (TPSA) is 92.5 Å². The van der Waals surface area contributed by atoms with Crippen LogP contribution in [-0.4, -0.2) is 40.7 Å². The van der Waals surface area contributed by atoms with Gasteiger partial charge in [0.05, 0.1) is 24.0 Å². The molecule has 6 rings (SSSR count). The Bertz CT molecular complexity index is 1360. The monoisotopic (exact) mass is 398 g/mol. The number of aromatic amines is 1. The van der Waals surface area contributed by atoms with Crippen LogP contribution < -0.4 is 0 Å². The Morgan fingerprint density at radius 3 is 3.00 bits per heavy atom. The van der Waals surface area contributed by atoms with Gasteiger partial charge in [0.1, 0.15) is 17.5 Å². The number of hydrogen-bond donors (Lipinski definition) is 2. The molecule has 4 heterocycles. The zero-order chi connectivity index (χ0) is 20.1. The van der Waals surface area contributed by atoms with Crippen molar-refractivity contribution >= 4 is 33.1 Å². The van der Waals surface area contributed by atoms with Gasteiger partial charge in [0, 0.05) is 23.2 Å². The van der Waals surface area contributed by atoms with Gasteiger partial charge in [0.2, 0.25) is 0 Å². The second-order valence-electron chi connectivity index (χ2n) is 8.32. The molecule has 0 bridgehead atoms. The molecule has 0 amide bonds. The van der Waals surface area contributed by atoms with E-state index < -0.39 is 0 Å². The molecule has 30 heavy (non-hydrogen) atoms. The third-order valence-corrected chi connectivity index (χ3v) is 6.44. The zero-order valence-electron chi connectivity index (χ0n) is 16.4. The lowest BCUT2D eigenvalue weighted by Crippen LogP contribution is -2.17. The Balaban J connectivity index is 1.18. The van der Waals surface area contributed by atoms with Gasteiger partial charge >= 0.3 is 0 Å². The first kappa shape index (κ1) is 17.5. The predicted octanol–water partition coefficient (Wildman–Crippen LogP) is 3.80. The largest absolute Gasteiger partial charge is 0.391 e. The van der Waals surface area contributed by atoms with Crippen molar-refractivity contribution in [2.75, 3.05) is 0 Å². The number of aryl methyl sites for hydroxylation is 1. The normalized spacial score (nSPS) is 21.8. The first-order valence-electron chi connectivity index (χ1n) is 10.4. The summed E-state index contributed by atoms with van der Waals surface area (Å²) >= 11 is 0. The lowest BCUT2D eigenvalue weighted by Gasteiger charge is -2.17. The molecular weight excluding hydrogens is 376 g/mol. The molecule has 1 fully saturated rings. The van der Waals surface area contributed by atoms with Crippen LogP contribution in [0.5, 0.6) is 0 Å². The number of H-pyrrole nitrogens is 1. The summed E-state index contributed by atoms with van der Waals surface area (Å²) in [4.78, 5) is 20.6. The van der Waals surface area contributed by atoms with E-state index in [4.69, 9.17) is 4.98 Å². The van der Waals surface area contributed by atoms with Crippen LogP contribution in [-0.2, 0) is 6.42 Å². The smallest absolute Gasteiger partial charge is 0.157 e. The highest BCUT2D eigenvalue weighted by Crippen LogP contribution is 2.39. The van der Waals surface area contributed by atoms with Crippen molar-refractivity contribution in [1.29, 1.82) is 0 Å². The maximum atomic E-state index is 10.7. The summed E-state index contributed by atoms with van der Waals surface area (Å²) in [7, 11) is 0. The van der Waals surface area contributed by atoms with Crippen LogP contribution in [0.3, 0.4) is 0 Å². The number of aliphatic hydroxyl groups is 1. The van der Waals surface area contributed by atoms with E-state index in [2.05, 4.69) is 48.8 Å². The van der Waals surface area contributed by atoms with Crippen LogP contribution in [0.4, 0.5) is 0 Å². The Hall–Kier alpha value is -3.32. The average molecular weight is 398 g/mol. The number of hydrogen-bond acceptors (Lipinski definition) is 5. The molecule has 5 aromatic rings. The van der Waals surface area contributed by atoms with Crippen molar-refractivity contribution in [2.45, 2.75) is 37.8 Å². The van der Waals surface area contributed by atoms with Gasteiger partial charge in [0.15, 0.2) is 5.65 Å². The Labute approximate surface area is 172 Å². The lowest BCUT2D eigenvalue weighted by molar-refractivity contribution is 0.136. The van der Waals surface area contributed by atoms with E-state index in [1.165, 1.54) is 5.56 Å². The second-order valence-corrected chi connectivity index (χ2v) is 8.32. The van der Waals surface area contributed by atoms with E-state index in [-0.39, 0.29) is 12.1 Å². The van der Waals surface area contributed by atoms with E-state index in [0.717, 1.165) is 58.8 Å². The molecule has 150 valence electrons.